The lowest BCUT2D eigenvalue weighted by Gasteiger charge is -2.15. The first-order valence-corrected chi connectivity index (χ1v) is 8.67. The Morgan fingerprint density at radius 1 is 0.964 bits per heavy atom. The van der Waals surface area contributed by atoms with Crippen molar-refractivity contribution in [2.24, 2.45) is 0 Å². The van der Waals surface area contributed by atoms with E-state index in [1.165, 1.54) is 30.3 Å². The summed E-state index contributed by atoms with van der Waals surface area (Å²) in [5.74, 6) is -0.310. The number of carbonyl (C=O) groups excluding carboxylic acids is 1. The molecule has 0 atom stereocenters. The first kappa shape index (κ1) is 19.3. The molecule has 7 heteroatoms. The van der Waals surface area contributed by atoms with Gasteiger partial charge in [-0.05, 0) is 77.4 Å². The molecule has 0 unspecified atom stereocenters. The first-order valence-electron chi connectivity index (χ1n) is 8.67. The van der Waals surface area contributed by atoms with Crippen LogP contribution in [0.5, 0.6) is 0 Å². The molecule has 28 heavy (non-hydrogen) atoms. The smallest absolute Gasteiger partial charge is 0.182 e. The molecule has 0 saturated heterocycles. The van der Waals surface area contributed by atoms with Gasteiger partial charge in [0.15, 0.2) is 5.82 Å². The number of hydrogen-bond acceptors (Lipinski definition) is 4. The van der Waals surface area contributed by atoms with Crippen LogP contribution < -0.4 is 0 Å². The zero-order valence-corrected chi connectivity index (χ0v) is 15.4. The Hall–Kier alpha value is -3.48. The molecule has 0 N–H and O–H groups in total. The topological polar surface area (TPSA) is 60.7 Å². The molecule has 5 nitrogen and oxygen atoms in total. The molecular weight excluding hydrogens is 362 g/mol. The van der Waals surface area contributed by atoms with Gasteiger partial charge in [-0.3, -0.25) is 4.79 Å². The normalized spacial score (nSPS) is 11.2. The maximum absolute atomic E-state index is 13.5. The zero-order chi connectivity index (χ0) is 20.1. The van der Waals surface area contributed by atoms with E-state index in [9.17, 15) is 13.6 Å². The van der Waals surface area contributed by atoms with E-state index in [0.717, 1.165) is 0 Å². The number of benzene rings is 2. The lowest BCUT2D eigenvalue weighted by atomic mass is 9.92. The van der Waals surface area contributed by atoms with Crippen LogP contribution in [0.3, 0.4) is 0 Å². The summed E-state index contributed by atoms with van der Waals surface area (Å²) in [5, 5.41) is 11.9. The Bertz CT molecular complexity index is 972. The van der Waals surface area contributed by atoms with Crippen molar-refractivity contribution in [3.63, 3.8) is 0 Å². The molecule has 0 aliphatic rings. The molecular formula is C21H18F2N4O. The third kappa shape index (κ3) is 4.09. The Kier molecular flexibility index (Phi) is 5.84. The number of tetrazole rings is 1. The highest BCUT2D eigenvalue weighted by Crippen LogP contribution is 2.33. The third-order valence-corrected chi connectivity index (χ3v) is 4.10. The molecule has 0 fully saturated rings. The molecule has 0 saturated carbocycles. The minimum absolute atomic E-state index is 0.0349. The minimum atomic E-state index is -0.376. The van der Waals surface area contributed by atoms with E-state index in [1.54, 1.807) is 35.0 Å². The van der Waals surface area contributed by atoms with Crippen LogP contribution in [0.15, 0.2) is 60.7 Å². The van der Waals surface area contributed by atoms with Gasteiger partial charge in [-0.2, -0.15) is 0 Å². The van der Waals surface area contributed by atoms with Gasteiger partial charge in [0.1, 0.15) is 17.9 Å². The molecule has 142 valence electrons. The van der Waals surface area contributed by atoms with E-state index >= 15 is 0 Å². The van der Waals surface area contributed by atoms with Crippen molar-refractivity contribution in [2.45, 2.75) is 19.9 Å². The third-order valence-electron chi connectivity index (χ3n) is 4.10. The lowest BCUT2D eigenvalue weighted by molar-refractivity contribution is -0.104. The standard InChI is InChI=1S/C21H18F2N4O/c1-14(2)27-21(24-25-26-27)19(4-3-13-28)20(15-5-9-17(22)10-6-15)16-7-11-18(23)12-8-16/h3-14H,1-2H3. The Morgan fingerprint density at radius 2 is 1.50 bits per heavy atom. The van der Waals surface area contributed by atoms with Gasteiger partial charge >= 0.3 is 0 Å². The lowest BCUT2D eigenvalue weighted by Crippen LogP contribution is -2.09. The van der Waals surface area contributed by atoms with Crippen LogP contribution >= 0.6 is 0 Å². The predicted molar refractivity (Wildman–Crippen MR) is 102 cm³/mol. The summed E-state index contributed by atoms with van der Waals surface area (Å²) in [7, 11) is 0. The van der Waals surface area contributed by atoms with Crippen molar-refractivity contribution in [1.82, 2.24) is 20.2 Å². The Morgan fingerprint density at radius 3 is 1.96 bits per heavy atom. The second-order valence-electron chi connectivity index (χ2n) is 6.34. The van der Waals surface area contributed by atoms with Crippen LogP contribution in [0.2, 0.25) is 0 Å². The second-order valence-corrected chi connectivity index (χ2v) is 6.34. The maximum Gasteiger partial charge on any atom is 0.182 e. The number of nitrogens with zero attached hydrogens (tertiary/aromatic N) is 4. The number of carbonyl (C=O) groups is 1. The fourth-order valence-corrected chi connectivity index (χ4v) is 2.83. The van der Waals surface area contributed by atoms with Gasteiger partial charge in [0, 0.05) is 5.57 Å². The summed E-state index contributed by atoms with van der Waals surface area (Å²) in [5.41, 5.74) is 2.56. The molecule has 0 aliphatic carbocycles. The van der Waals surface area contributed by atoms with Crippen LogP contribution in [0.1, 0.15) is 36.8 Å². The van der Waals surface area contributed by atoms with Gasteiger partial charge in [-0.25, -0.2) is 13.5 Å². The van der Waals surface area contributed by atoms with Crippen molar-refractivity contribution in [1.29, 1.82) is 0 Å². The van der Waals surface area contributed by atoms with E-state index in [-0.39, 0.29) is 17.7 Å². The van der Waals surface area contributed by atoms with Crippen LogP contribution in [0.25, 0.3) is 11.1 Å². The van der Waals surface area contributed by atoms with Gasteiger partial charge in [-0.15, -0.1) is 5.10 Å². The molecule has 0 aliphatic heterocycles. The predicted octanol–water partition coefficient (Wildman–Crippen LogP) is 4.25. The highest BCUT2D eigenvalue weighted by Gasteiger charge is 2.19. The zero-order valence-electron chi connectivity index (χ0n) is 15.4. The van der Waals surface area contributed by atoms with Crippen molar-refractivity contribution >= 4 is 17.4 Å². The maximum atomic E-state index is 13.5. The molecule has 3 aromatic rings. The van der Waals surface area contributed by atoms with Gasteiger partial charge in [-0.1, -0.05) is 24.3 Å². The fraction of sp³-hybridized carbons (Fsp3) is 0.143. The Labute approximate surface area is 161 Å². The van der Waals surface area contributed by atoms with Gasteiger partial charge in [0.05, 0.1) is 6.04 Å². The number of halogens is 2. The highest BCUT2D eigenvalue weighted by molar-refractivity contribution is 6.01. The van der Waals surface area contributed by atoms with Crippen LogP contribution in [0.4, 0.5) is 8.78 Å². The number of allylic oxidation sites excluding steroid dienone is 3. The summed E-state index contributed by atoms with van der Waals surface area (Å²) >= 11 is 0. The van der Waals surface area contributed by atoms with E-state index in [1.807, 2.05) is 13.8 Å². The van der Waals surface area contributed by atoms with Crippen molar-refractivity contribution in [3.8, 4) is 0 Å². The van der Waals surface area contributed by atoms with E-state index in [4.69, 9.17) is 0 Å². The molecule has 2 aromatic carbocycles. The van der Waals surface area contributed by atoms with E-state index < -0.39 is 0 Å². The SMILES string of the molecule is CC(C)n1nnnc1C(C=CC=O)=C(c1ccc(F)cc1)c1ccc(F)cc1. The summed E-state index contributed by atoms with van der Waals surface area (Å²) in [6.45, 7) is 3.85. The number of aldehydes is 1. The molecule has 3 rings (SSSR count). The molecule has 1 aromatic heterocycles. The summed E-state index contributed by atoms with van der Waals surface area (Å²) in [6.07, 6.45) is 3.58. The Balaban J connectivity index is 2.36. The first-order chi connectivity index (χ1) is 13.5. The summed E-state index contributed by atoms with van der Waals surface area (Å²) in [6, 6.07) is 11.8. The van der Waals surface area contributed by atoms with Gasteiger partial charge in [0.25, 0.3) is 0 Å². The number of rotatable bonds is 6. The van der Waals surface area contributed by atoms with Crippen molar-refractivity contribution in [2.75, 3.05) is 0 Å². The van der Waals surface area contributed by atoms with E-state index in [2.05, 4.69) is 15.5 Å². The summed E-state index contributed by atoms with van der Waals surface area (Å²) < 4.78 is 28.6. The average molecular weight is 380 g/mol. The monoisotopic (exact) mass is 380 g/mol. The fourth-order valence-electron chi connectivity index (χ4n) is 2.83. The molecule has 0 amide bonds. The molecule has 1 heterocycles. The van der Waals surface area contributed by atoms with Crippen LogP contribution in [-0.2, 0) is 4.79 Å². The van der Waals surface area contributed by atoms with E-state index in [0.29, 0.717) is 34.4 Å². The highest BCUT2D eigenvalue weighted by atomic mass is 19.1. The average Bonchev–Trinajstić information content (AvgIpc) is 3.17. The van der Waals surface area contributed by atoms with Crippen molar-refractivity contribution in [3.05, 3.63) is 89.3 Å². The van der Waals surface area contributed by atoms with Crippen LogP contribution in [-0.4, -0.2) is 26.5 Å². The second kappa shape index (κ2) is 8.47. The quantitative estimate of drug-likeness (QED) is 0.364. The van der Waals surface area contributed by atoms with Crippen LogP contribution in [0, 0.1) is 11.6 Å². The minimum Gasteiger partial charge on any atom is -0.299 e. The molecule has 0 radical (unpaired) electrons. The van der Waals surface area contributed by atoms with Crippen molar-refractivity contribution < 1.29 is 13.6 Å². The van der Waals surface area contributed by atoms with Gasteiger partial charge in [0.2, 0.25) is 0 Å². The molecule has 0 bridgehead atoms. The number of aromatic nitrogens is 4. The number of hydrogen-bond donors (Lipinski definition) is 0. The largest absolute Gasteiger partial charge is 0.299 e. The summed E-state index contributed by atoms with van der Waals surface area (Å²) in [4.78, 5) is 11.0. The molecule has 0 spiro atoms. The van der Waals surface area contributed by atoms with Gasteiger partial charge < -0.3 is 0 Å².